The Labute approximate surface area is 123 Å². The average Bonchev–Trinajstić information content (AvgIpc) is 2.37. The Bertz CT molecular complexity index is 531. The van der Waals surface area contributed by atoms with Gasteiger partial charge in [0.1, 0.15) is 0 Å². The molecular weight excluding hydrogens is 358 g/mol. The fraction of sp³-hybridized carbons (Fsp3) is 0.143. The molecule has 2 N–H and O–H groups in total. The van der Waals surface area contributed by atoms with Crippen molar-refractivity contribution in [3.8, 4) is 0 Å². The van der Waals surface area contributed by atoms with Gasteiger partial charge in [-0.2, -0.15) is 0 Å². The third kappa shape index (κ3) is 3.57. The fourth-order valence-corrected chi connectivity index (χ4v) is 2.48. The number of benzene rings is 2. The number of aliphatic hydroxyl groups is 1. The van der Waals surface area contributed by atoms with Gasteiger partial charge >= 0.3 is 0 Å². The molecule has 2 rings (SSSR count). The van der Waals surface area contributed by atoms with Crippen molar-refractivity contribution >= 4 is 37.5 Å². The van der Waals surface area contributed by atoms with Crippen LogP contribution in [-0.4, -0.2) is 11.7 Å². The largest absolute Gasteiger partial charge is 0.387 e. The molecule has 0 heterocycles. The molecule has 18 heavy (non-hydrogen) atoms. The van der Waals surface area contributed by atoms with Gasteiger partial charge in [0.15, 0.2) is 0 Å². The second-order valence-electron chi connectivity index (χ2n) is 3.93. The first-order valence-corrected chi connectivity index (χ1v) is 7.17. The molecule has 0 aliphatic carbocycles. The smallest absolute Gasteiger partial charge is 0.0962 e. The second-order valence-corrected chi connectivity index (χ2v) is 5.70. The van der Waals surface area contributed by atoms with Crippen LogP contribution in [0.5, 0.6) is 0 Å². The lowest BCUT2D eigenvalue weighted by molar-refractivity contribution is 0.191. The lowest BCUT2D eigenvalue weighted by Crippen LogP contribution is -2.12. The van der Waals surface area contributed by atoms with E-state index in [9.17, 15) is 5.11 Å². The van der Waals surface area contributed by atoms with Gasteiger partial charge in [0, 0.05) is 21.2 Å². The summed E-state index contributed by atoms with van der Waals surface area (Å²) in [6.07, 6.45) is -0.533. The zero-order valence-corrected chi connectivity index (χ0v) is 12.8. The molecule has 0 fully saturated rings. The van der Waals surface area contributed by atoms with Crippen LogP contribution < -0.4 is 5.32 Å². The molecule has 2 nitrogen and oxygen atoms in total. The molecule has 0 aliphatic rings. The summed E-state index contributed by atoms with van der Waals surface area (Å²) in [5.74, 6) is 0. The van der Waals surface area contributed by atoms with Gasteiger partial charge in [-0.05, 0) is 45.8 Å². The summed E-state index contributed by atoms with van der Waals surface area (Å²) in [7, 11) is 0. The highest BCUT2D eigenvalue weighted by Gasteiger charge is 2.08. The Morgan fingerprint density at radius 3 is 2.56 bits per heavy atom. The van der Waals surface area contributed by atoms with E-state index >= 15 is 0 Å². The third-order valence-electron chi connectivity index (χ3n) is 2.59. The molecule has 0 saturated carbocycles. The minimum Gasteiger partial charge on any atom is -0.387 e. The van der Waals surface area contributed by atoms with Gasteiger partial charge in [0.05, 0.1) is 6.10 Å². The molecule has 0 bridgehead atoms. The molecule has 2 aromatic rings. The van der Waals surface area contributed by atoms with E-state index in [0.717, 1.165) is 20.2 Å². The lowest BCUT2D eigenvalue weighted by atomic mass is 10.1. The Balaban J connectivity index is 2.00. The molecule has 0 spiro atoms. The van der Waals surface area contributed by atoms with E-state index in [0.29, 0.717) is 6.54 Å². The van der Waals surface area contributed by atoms with Gasteiger partial charge in [0.25, 0.3) is 0 Å². The van der Waals surface area contributed by atoms with Crippen molar-refractivity contribution in [2.45, 2.75) is 6.10 Å². The fourth-order valence-electron chi connectivity index (χ4n) is 1.64. The predicted octanol–water partition coefficient (Wildman–Crippen LogP) is 4.36. The quantitative estimate of drug-likeness (QED) is 0.838. The summed E-state index contributed by atoms with van der Waals surface area (Å²) in [4.78, 5) is 0. The Morgan fingerprint density at radius 1 is 1.06 bits per heavy atom. The van der Waals surface area contributed by atoms with Gasteiger partial charge in [-0.25, -0.2) is 0 Å². The van der Waals surface area contributed by atoms with Crippen molar-refractivity contribution < 1.29 is 5.11 Å². The van der Waals surface area contributed by atoms with Crippen LogP contribution in [0.3, 0.4) is 0 Å². The van der Waals surface area contributed by atoms with E-state index in [1.165, 1.54) is 0 Å². The Morgan fingerprint density at radius 2 is 1.83 bits per heavy atom. The Kier molecular flexibility index (Phi) is 4.80. The van der Waals surface area contributed by atoms with E-state index in [1.54, 1.807) is 0 Å². The van der Waals surface area contributed by atoms with Crippen LogP contribution in [0.25, 0.3) is 0 Å². The van der Waals surface area contributed by atoms with Gasteiger partial charge in [-0.15, -0.1) is 0 Å². The van der Waals surface area contributed by atoms with Crippen LogP contribution >= 0.6 is 31.9 Å². The molecule has 2 aromatic carbocycles. The van der Waals surface area contributed by atoms with Crippen LogP contribution in [-0.2, 0) is 0 Å². The highest BCUT2D eigenvalue weighted by molar-refractivity contribution is 9.10. The third-order valence-corrected chi connectivity index (χ3v) is 3.78. The van der Waals surface area contributed by atoms with E-state index in [4.69, 9.17) is 0 Å². The first-order valence-electron chi connectivity index (χ1n) is 5.59. The van der Waals surface area contributed by atoms with Crippen molar-refractivity contribution in [1.29, 1.82) is 0 Å². The first-order chi connectivity index (χ1) is 8.66. The summed E-state index contributed by atoms with van der Waals surface area (Å²) in [6, 6.07) is 15.5. The van der Waals surface area contributed by atoms with Crippen LogP contribution in [0, 0.1) is 0 Å². The molecule has 4 heteroatoms. The van der Waals surface area contributed by atoms with Crippen molar-refractivity contribution in [3.63, 3.8) is 0 Å². The van der Waals surface area contributed by atoms with E-state index < -0.39 is 6.10 Å². The van der Waals surface area contributed by atoms with Gasteiger partial charge < -0.3 is 10.4 Å². The molecule has 0 radical (unpaired) electrons. The van der Waals surface area contributed by atoms with Crippen molar-refractivity contribution in [2.75, 3.05) is 11.9 Å². The zero-order valence-electron chi connectivity index (χ0n) is 9.61. The molecule has 1 atom stereocenters. The number of nitrogens with one attached hydrogen (secondary N) is 1. The molecule has 0 aliphatic heterocycles. The van der Waals surface area contributed by atoms with E-state index in [-0.39, 0.29) is 0 Å². The summed E-state index contributed by atoms with van der Waals surface area (Å²) in [5, 5.41) is 13.3. The summed E-state index contributed by atoms with van der Waals surface area (Å²) >= 11 is 6.86. The highest BCUT2D eigenvalue weighted by atomic mass is 79.9. The van der Waals surface area contributed by atoms with Gasteiger partial charge in [0.2, 0.25) is 0 Å². The number of para-hydroxylation sites is 1. The van der Waals surface area contributed by atoms with Gasteiger partial charge in [-0.3, -0.25) is 0 Å². The normalized spacial score (nSPS) is 12.2. The molecule has 0 aromatic heterocycles. The predicted molar refractivity (Wildman–Crippen MR) is 81.7 cm³/mol. The van der Waals surface area contributed by atoms with Crippen LogP contribution in [0.2, 0.25) is 0 Å². The van der Waals surface area contributed by atoms with Crippen LogP contribution in [0.15, 0.2) is 57.5 Å². The number of anilines is 1. The number of halogens is 2. The first kappa shape index (κ1) is 13.6. The average molecular weight is 371 g/mol. The van der Waals surface area contributed by atoms with E-state index in [2.05, 4.69) is 37.2 Å². The molecule has 0 amide bonds. The molecule has 0 saturated heterocycles. The van der Waals surface area contributed by atoms with Crippen LogP contribution in [0.4, 0.5) is 5.69 Å². The van der Waals surface area contributed by atoms with E-state index in [1.807, 2.05) is 48.5 Å². The maximum atomic E-state index is 10.1. The molecule has 94 valence electrons. The SMILES string of the molecule is OC(CNc1ccccc1Br)c1cccc(Br)c1. The van der Waals surface area contributed by atoms with Gasteiger partial charge in [-0.1, -0.05) is 40.2 Å². The second kappa shape index (κ2) is 6.36. The molecule has 1 unspecified atom stereocenters. The monoisotopic (exact) mass is 369 g/mol. The topological polar surface area (TPSA) is 32.3 Å². The minimum absolute atomic E-state index is 0.471. The number of aliphatic hydroxyl groups excluding tert-OH is 1. The number of hydrogen-bond acceptors (Lipinski definition) is 2. The van der Waals surface area contributed by atoms with Crippen molar-refractivity contribution in [1.82, 2.24) is 0 Å². The highest BCUT2D eigenvalue weighted by Crippen LogP contribution is 2.23. The van der Waals surface area contributed by atoms with Crippen molar-refractivity contribution in [3.05, 3.63) is 63.0 Å². The Hall–Kier alpha value is -0.840. The summed E-state index contributed by atoms with van der Waals surface area (Å²) in [5.41, 5.74) is 1.87. The summed E-state index contributed by atoms with van der Waals surface area (Å²) < 4.78 is 1.96. The number of rotatable bonds is 4. The maximum Gasteiger partial charge on any atom is 0.0962 e. The summed E-state index contributed by atoms with van der Waals surface area (Å²) in [6.45, 7) is 0.471. The maximum absolute atomic E-state index is 10.1. The molecular formula is C14H13Br2NO. The zero-order chi connectivity index (χ0) is 13.0. The van der Waals surface area contributed by atoms with Crippen LogP contribution in [0.1, 0.15) is 11.7 Å². The lowest BCUT2D eigenvalue weighted by Gasteiger charge is -2.14. The standard InChI is InChI=1S/C14H13Br2NO/c15-11-5-3-4-10(8-11)14(18)9-17-13-7-2-1-6-12(13)16/h1-8,14,17-18H,9H2. The minimum atomic E-state index is -0.533. The number of hydrogen-bond donors (Lipinski definition) is 2. The van der Waals surface area contributed by atoms with Crippen molar-refractivity contribution in [2.24, 2.45) is 0 Å².